The van der Waals surface area contributed by atoms with Crippen molar-refractivity contribution in [3.63, 3.8) is 0 Å². The van der Waals surface area contributed by atoms with Gasteiger partial charge in [-0.15, -0.1) is 0 Å². The highest BCUT2D eigenvalue weighted by Crippen LogP contribution is 2.28. The second kappa shape index (κ2) is 4.72. The zero-order valence-electron chi connectivity index (χ0n) is 9.99. The lowest BCUT2D eigenvalue weighted by atomic mass is 10.2. The molecule has 2 aromatic rings. The number of aryl methyl sites for hydroxylation is 3. The summed E-state index contributed by atoms with van der Waals surface area (Å²) in [5.74, 6) is 1.09. The van der Waals surface area contributed by atoms with Crippen molar-refractivity contribution in [3.8, 4) is 11.6 Å². The summed E-state index contributed by atoms with van der Waals surface area (Å²) in [6, 6.07) is 7.71. The van der Waals surface area contributed by atoms with Gasteiger partial charge in [-0.2, -0.15) is 0 Å². The summed E-state index contributed by atoms with van der Waals surface area (Å²) in [7, 11) is 0. The van der Waals surface area contributed by atoms with Crippen molar-refractivity contribution in [2.75, 3.05) is 0 Å². The van der Waals surface area contributed by atoms with E-state index in [2.05, 4.69) is 9.97 Å². The summed E-state index contributed by atoms with van der Waals surface area (Å²) in [4.78, 5) is 8.47. The molecule has 0 spiro atoms. The molecule has 4 heteroatoms. The van der Waals surface area contributed by atoms with E-state index in [0.717, 1.165) is 22.7 Å². The molecular formula is C13H13ClN2O. The predicted molar refractivity (Wildman–Crippen MR) is 67.8 cm³/mol. The Morgan fingerprint density at radius 3 is 2.35 bits per heavy atom. The quantitative estimate of drug-likeness (QED) is 0.810. The molecule has 0 amide bonds. The van der Waals surface area contributed by atoms with E-state index in [1.54, 1.807) is 0 Å². The molecule has 0 saturated carbocycles. The SMILES string of the molecule is Cc1ccccc1Oc1nc(C)c(C)nc1Cl. The molecule has 17 heavy (non-hydrogen) atoms. The number of hydrogen-bond acceptors (Lipinski definition) is 3. The smallest absolute Gasteiger partial charge is 0.257 e. The molecule has 0 saturated heterocycles. The molecule has 0 aliphatic heterocycles. The van der Waals surface area contributed by atoms with Crippen molar-refractivity contribution < 1.29 is 4.74 Å². The third kappa shape index (κ3) is 2.56. The number of hydrogen-bond donors (Lipinski definition) is 0. The van der Waals surface area contributed by atoms with Crippen LogP contribution in [0.4, 0.5) is 0 Å². The molecule has 1 heterocycles. The van der Waals surface area contributed by atoms with Gasteiger partial charge < -0.3 is 4.74 Å². The van der Waals surface area contributed by atoms with E-state index in [4.69, 9.17) is 16.3 Å². The Morgan fingerprint density at radius 1 is 1.00 bits per heavy atom. The van der Waals surface area contributed by atoms with Crippen LogP contribution in [0.3, 0.4) is 0 Å². The van der Waals surface area contributed by atoms with Crippen LogP contribution in [0.15, 0.2) is 24.3 Å². The average molecular weight is 249 g/mol. The summed E-state index contributed by atoms with van der Waals surface area (Å²) in [5, 5.41) is 0.288. The summed E-state index contributed by atoms with van der Waals surface area (Å²) in [6.45, 7) is 5.72. The summed E-state index contributed by atoms with van der Waals surface area (Å²) < 4.78 is 5.67. The topological polar surface area (TPSA) is 35.0 Å². The summed E-state index contributed by atoms with van der Waals surface area (Å²) in [6.07, 6.45) is 0. The van der Waals surface area contributed by atoms with Gasteiger partial charge in [-0.1, -0.05) is 29.8 Å². The van der Waals surface area contributed by atoms with E-state index in [0.29, 0.717) is 5.88 Å². The fourth-order valence-electron chi connectivity index (χ4n) is 1.40. The van der Waals surface area contributed by atoms with Crippen LogP contribution in [0.25, 0.3) is 0 Å². The first-order valence-electron chi connectivity index (χ1n) is 5.32. The van der Waals surface area contributed by atoms with Crippen molar-refractivity contribution in [2.45, 2.75) is 20.8 Å². The molecule has 0 N–H and O–H groups in total. The van der Waals surface area contributed by atoms with Gasteiger partial charge in [-0.3, -0.25) is 0 Å². The number of halogens is 1. The Hall–Kier alpha value is -1.61. The highest BCUT2D eigenvalue weighted by Gasteiger charge is 2.10. The largest absolute Gasteiger partial charge is 0.436 e. The van der Waals surface area contributed by atoms with Crippen LogP contribution < -0.4 is 4.74 Å². The number of ether oxygens (including phenoxy) is 1. The van der Waals surface area contributed by atoms with E-state index in [-0.39, 0.29) is 5.15 Å². The number of para-hydroxylation sites is 1. The molecular weight excluding hydrogens is 236 g/mol. The zero-order valence-corrected chi connectivity index (χ0v) is 10.7. The van der Waals surface area contributed by atoms with Crippen LogP contribution in [0.5, 0.6) is 11.6 Å². The van der Waals surface area contributed by atoms with Gasteiger partial charge in [0.2, 0.25) is 0 Å². The minimum atomic E-state index is 0.288. The Morgan fingerprint density at radius 2 is 1.65 bits per heavy atom. The van der Waals surface area contributed by atoms with Gasteiger partial charge in [0, 0.05) is 0 Å². The van der Waals surface area contributed by atoms with Gasteiger partial charge >= 0.3 is 0 Å². The van der Waals surface area contributed by atoms with E-state index < -0.39 is 0 Å². The second-order valence-electron chi connectivity index (χ2n) is 3.86. The molecule has 0 aliphatic carbocycles. The lowest BCUT2D eigenvalue weighted by Gasteiger charge is -2.09. The van der Waals surface area contributed by atoms with Crippen molar-refractivity contribution in [2.24, 2.45) is 0 Å². The fraction of sp³-hybridized carbons (Fsp3) is 0.231. The molecule has 1 aromatic carbocycles. The van der Waals surface area contributed by atoms with Crippen molar-refractivity contribution >= 4 is 11.6 Å². The Bertz CT molecular complexity index is 555. The second-order valence-corrected chi connectivity index (χ2v) is 4.22. The first-order chi connectivity index (χ1) is 8.08. The first kappa shape index (κ1) is 11.9. The number of benzene rings is 1. The number of nitrogens with zero attached hydrogens (tertiary/aromatic N) is 2. The molecule has 0 unspecified atom stereocenters. The highest BCUT2D eigenvalue weighted by atomic mass is 35.5. The average Bonchev–Trinajstić information content (AvgIpc) is 2.29. The van der Waals surface area contributed by atoms with Crippen LogP contribution >= 0.6 is 11.6 Å². The van der Waals surface area contributed by atoms with E-state index in [1.165, 1.54) is 0 Å². The maximum absolute atomic E-state index is 6.01. The standard InChI is InChI=1S/C13H13ClN2O/c1-8-6-4-5-7-11(8)17-13-12(14)15-9(2)10(3)16-13/h4-7H,1-3H3. The zero-order chi connectivity index (χ0) is 12.4. The van der Waals surface area contributed by atoms with Gasteiger partial charge in [0.1, 0.15) is 5.75 Å². The van der Waals surface area contributed by atoms with Crippen LogP contribution in [0.2, 0.25) is 5.15 Å². The van der Waals surface area contributed by atoms with Gasteiger partial charge in [0.25, 0.3) is 5.88 Å². The molecule has 0 fully saturated rings. The minimum Gasteiger partial charge on any atom is -0.436 e. The molecule has 3 nitrogen and oxygen atoms in total. The molecule has 0 radical (unpaired) electrons. The van der Waals surface area contributed by atoms with Gasteiger partial charge in [-0.25, -0.2) is 9.97 Å². The third-order valence-corrected chi connectivity index (χ3v) is 2.78. The fourth-order valence-corrected chi connectivity index (χ4v) is 1.60. The number of aromatic nitrogens is 2. The van der Waals surface area contributed by atoms with Gasteiger partial charge in [-0.05, 0) is 32.4 Å². The Kier molecular flexibility index (Phi) is 3.29. The van der Waals surface area contributed by atoms with E-state index in [1.807, 2.05) is 45.0 Å². The number of rotatable bonds is 2. The molecule has 0 aliphatic rings. The normalized spacial score (nSPS) is 10.4. The van der Waals surface area contributed by atoms with Crippen LogP contribution in [0, 0.1) is 20.8 Å². The molecule has 2 rings (SSSR count). The molecule has 0 bridgehead atoms. The van der Waals surface area contributed by atoms with Gasteiger partial charge in [0.15, 0.2) is 5.15 Å². The molecule has 1 aromatic heterocycles. The summed E-state index contributed by atoms with van der Waals surface area (Å²) in [5.41, 5.74) is 2.66. The maximum Gasteiger partial charge on any atom is 0.257 e. The van der Waals surface area contributed by atoms with Crippen molar-refractivity contribution in [1.82, 2.24) is 9.97 Å². The molecule has 0 atom stereocenters. The van der Waals surface area contributed by atoms with Crippen molar-refractivity contribution in [1.29, 1.82) is 0 Å². The Balaban J connectivity index is 2.37. The predicted octanol–water partition coefficient (Wildman–Crippen LogP) is 3.85. The summed E-state index contributed by atoms with van der Waals surface area (Å²) >= 11 is 6.01. The van der Waals surface area contributed by atoms with Crippen LogP contribution in [-0.4, -0.2) is 9.97 Å². The van der Waals surface area contributed by atoms with E-state index in [9.17, 15) is 0 Å². The third-order valence-electron chi connectivity index (χ3n) is 2.54. The van der Waals surface area contributed by atoms with Crippen LogP contribution in [0.1, 0.15) is 17.0 Å². The lowest BCUT2D eigenvalue weighted by Crippen LogP contribution is -1.98. The molecule has 88 valence electrons. The van der Waals surface area contributed by atoms with Crippen molar-refractivity contribution in [3.05, 3.63) is 46.4 Å². The van der Waals surface area contributed by atoms with E-state index >= 15 is 0 Å². The lowest BCUT2D eigenvalue weighted by molar-refractivity contribution is 0.455. The Labute approximate surface area is 105 Å². The first-order valence-corrected chi connectivity index (χ1v) is 5.70. The monoisotopic (exact) mass is 248 g/mol. The van der Waals surface area contributed by atoms with Crippen LogP contribution in [-0.2, 0) is 0 Å². The minimum absolute atomic E-state index is 0.288. The van der Waals surface area contributed by atoms with Gasteiger partial charge in [0.05, 0.1) is 11.4 Å². The highest BCUT2D eigenvalue weighted by molar-refractivity contribution is 6.30. The maximum atomic E-state index is 6.01.